The van der Waals surface area contributed by atoms with Crippen LogP contribution >= 0.6 is 0 Å². The van der Waals surface area contributed by atoms with Crippen LogP contribution in [0.15, 0.2) is 53.4 Å². The van der Waals surface area contributed by atoms with Crippen molar-refractivity contribution in [2.75, 3.05) is 10.2 Å². The molecule has 0 radical (unpaired) electrons. The predicted octanol–water partition coefficient (Wildman–Crippen LogP) is 9.73. The van der Waals surface area contributed by atoms with E-state index in [4.69, 9.17) is 0 Å². The van der Waals surface area contributed by atoms with Gasteiger partial charge in [-0.25, -0.2) is 0 Å². The molecule has 0 bridgehead atoms. The molecule has 0 fully saturated rings. The standard InChI is InChI=1S/C33H52N2O3S/c1-2-3-4-5-6-7-8-9-10-11-12-13-14-15-16-17-21-27-32-34-30-25-22-26-31(39(36,37)38)33(30)35(32)28-29-23-19-18-20-24-29/h18-20,22-26,32,34H,2-17,21,27-28H2,1H3,(H,36,37,38). The Hall–Kier alpha value is -2.05. The number of para-hydroxylation sites is 1. The summed E-state index contributed by atoms with van der Waals surface area (Å²) in [5.74, 6) is 0. The highest BCUT2D eigenvalue weighted by molar-refractivity contribution is 7.86. The van der Waals surface area contributed by atoms with Gasteiger partial charge in [-0.2, -0.15) is 8.42 Å². The number of anilines is 2. The van der Waals surface area contributed by atoms with Crippen molar-refractivity contribution >= 4 is 21.5 Å². The van der Waals surface area contributed by atoms with Crippen LogP contribution in [-0.4, -0.2) is 19.1 Å². The molecule has 1 unspecified atom stereocenters. The lowest BCUT2D eigenvalue weighted by Crippen LogP contribution is -2.35. The van der Waals surface area contributed by atoms with Crippen LogP contribution in [0.3, 0.4) is 0 Å². The summed E-state index contributed by atoms with van der Waals surface area (Å²) in [5, 5.41) is 3.52. The highest BCUT2D eigenvalue weighted by Crippen LogP contribution is 2.42. The van der Waals surface area contributed by atoms with Crippen LogP contribution in [0.2, 0.25) is 0 Å². The number of benzene rings is 2. The summed E-state index contributed by atoms with van der Waals surface area (Å²) < 4.78 is 34.1. The fraction of sp³-hybridized carbons (Fsp3) is 0.636. The number of hydrogen-bond acceptors (Lipinski definition) is 4. The lowest BCUT2D eigenvalue weighted by Gasteiger charge is -2.28. The average Bonchev–Trinajstić information content (AvgIpc) is 3.27. The molecule has 1 aliphatic heterocycles. The molecule has 2 aromatic rings. The van der Waals surface area contributed by atoms with Gasteiger partial charge in [0.1, 0.15) is 4.90 Å². The minimum absolute atomic E-state index is 0.0134. The molecule has 3 rings (SSSR count). The third-order valence-electron chi connectivity index (χ3n) is 8.04. The minimum atomic E-state index is -4.31. The third-order valence-corrected chi connectivity index (χ3v) is 8.92. The van der Waals surface area contributed by atoms with Crippen molar-refractivity contribution in [3.8, 4) is 0 Å². The first-order valence-corrected chi connectivity index (χ1v) is 17.1. The molecule has 1 heterocycles. The highest BCUT2D eigenvalue weighted by atomic mass is 32.2. The Morgan fingerprint density at radius 3 is 1.72 bits per heavy atom. The normalized spacial score (nSPS) is 14.9. The van der Waals surface area contributed by atoms with Gasteiger partial charge in [0, 0.05) is 6.54 Å². The molecule has 1 atom stereocenters. The number of nitrogens with one attached hydrogen (secondary N) is 1. The van der Waals surface area contributed by atoms with E-state index in [1.807, 2.05) is 24.3 Å². The van der Waals surface area contributed by atoms with E-state index in [0.29, 0.717) is 12.2 Å². The molecule has 218 valence electrons. The molecular formula is C33H52N2O3S. The average molecular weight is 557 g/mol. The van der Waals surface area contributed by atoms with Gasteiger partial charge in [0.15, 0.2) is 0 Å². The first-order valence-electron chi connectivity index (χ1n) is 15.7. The summed E-state index contributed by atoms with van der Waals surface area (Å²) in [5.41, 5.74) is 2.48. The van der Waals surface area contributed by atoms with Gasteiger partial charge in [-0.1, -0.05) is 146 Å². The molecule has 0 aromatic heterocycles. The Bertz CT molecular complexity index is 1040. The van der Waals surface area contributed by atoms with Crippen molar-refractivity contribution in [3.05, 3.63) is 54.1 Å². The summed E-state index contributed by atoms with van der Waals surface area (Å²) in [6, 6.07) is 15.2. The van der Waals surface area contributed by atoms with Crippen LogP contribution in [0, 0.1) is 0 Å². The highest BCUT2D eigenvalue weighted by Gasteiger charge is 2.33. The van der Waals surface area contributed by atoms with Gasteiger partial charge in [0.2, 0.25) is 0 Å². The topological polar surface area (TPSA) is 69.6 Å². The van der Waals surface area contributed by atoms with E-state index in [2.05, 4.69) is 29.3 Å². The lowest BCUT2D eigenvalue weighted by atomic mass is 10.0. The summed E-state index contributed by atoms with van der Waals surface area (Å²) in [4.78, 5) is 2.09. The van der Waals surface area contributed by atoms with E-state index in [9.17, 15) is 13.0 Å². The summed E-state index contributed by atoms with van der Waals surface area (Å²) in [7, 11) is -4.31. The van der Waals surface area contributed by atoms with Crippen molar-refractivity contribution in [3.63, 3.8) is 0 Å². The maximum atomic E-state index is 12.1. The number of hydrogen-bond donors (Lipinski definition) is 2. The van der Waals surface area contributed by atoms with Gasteiger partial charge < -0.3 is 10.2 Å². The zero-order valence-electron chi connectivity index (χ0n) is 24.3. The first-order chi connectivity index (χ1) is 19.0. The number of rotatable bonds is 21. The van der Waals surface area contributed by atoms with Crippen molar-refractivity contribution < 1.29 is 13.0 Å². The molecule has 0 amide bonds. The Labute approximate surface area is 238 Å². The Balaban J connectivity index is 1.31. The molecule has 0 saturated carbocycles. The SMILES string of the molecule is CCCCCCCCCCCCCCCCCCCC1Nc2cccc(S(=O)(=O)O)c2N1Cc1ccccc1. The van der Waals surface area contributed by atoms with E-state index in [0.717, 1.165) is 24.1 Å². The van der Waals surface area contributed by atoms with Gasteiger partial charge in [-0.3, -0.25) is 4.55 Å². The summed E-state index contributed by atoms with van der Waals surface area (Å²) in [6.45, 7) is 2.87. The molecule has 2 aromatic carbocycles. The van der Waals surface area contributed by atoms with Gasteiger partial charge >= 0.3 is 0 Å². The van der Waals surface area contributed by atoms with E-state index >= 15 is 0 Å². The maximum absolute atomic E-state index is 12.1. The van der Waals surface area contributed by atoms with E-state index in [1.54, 1.807) is 6.07 Å². The third kappa shape index (κ3) is 11.2. The van der Waals surface area contributed by atoms with Crippen LogP contribution in [0.5, 0.6) is 0 Å². The van der Waals surface area contributed by atoms with Gasteiger partial charge in [-0.05, 0) is 30.5 Å². The molecule has 0 saturated heterocycles. The molecular weight excluding hydrogens is 504 g/mol. The molecule has 2 N–H and O–H groups in total. The van der Waals surface area contributed by atoms with E-state index in [-0.39, 0.29) is 11.1 Å². The van der Waals surface area contributed by atoms with Crippen molar-refractivity contribution in [2.45, 2.75) is 140 Å². The molecule has 1 aliphatic rings. The van der Waals surface area contributed by atoms with Crippen molar-refractivity contribution in [1.29, 1.82) is 0 Å². The first kappa shape index (κ1) is 31.5. The second-order valence-electron chi connectivity index (χ2n) is 11.3. The van der Waals surface area contributed by atoms with Gasteiger partial charge in [0.05, 0.1) is 17.5 Å². The number of nitrogens with zero attached hydrogens (tertiary/aromatic N) is 1. The molecule has 0 spiro atoms. The fourth-order valence-electron chi connectivity index (χ4n) is 5.82. The van der Waals surface area contributed by atoms with Crippen LogP contribution in [0.1, 0.15) is 128 Å². The lowest BCUT2D eigenvalue weighted by molar-refractivity contribution is 0.482. The minimum Gasteiger partial charge on any atom is -0.363 e. The summed E-state index contributed by atoms with van der Waals surface area (Å²) >= 11 is 0. The number of unbranched alkanes of at least 4 members (excludes halogenated alkanes) is 16. The molecule has 39 heavy (non-hydrogen) atoms. The van der Waals surface area contributed by atoms with E-state index in [1.165, 1.54) is 109 Å². The second-order valence-corrected chi connectivity index (χ2v) is 12.7. The predicted molar refractivity (Wildman–Crippen MR) is 165 cm³/mol. The molecule has 5 nitrogen and oxygen atoms in total. The maximum Gasteiger partial charge on any atom is 0.296 e. The zero-order chi connectivity index (χ0) is 27.8. The van der Waals surface area contributed by atoms with Crippen LogP contribution < -0.4 is 10.2 Å². The number of fused-ring (bicyclic) bond motifs is 1. The van der Waals surface area contributed by atoms with Gasteiger partial charge in [0.25, 0.3) is 10.1 Å². The van der Waals surface area contributed by atoms with Crippen molar-refractivity contribution in [1.82, 2.24) is 0 Å². The van der Waals surface area contributed by atoms with Crippen LogP contribution in [0.25, 0.3) is 0 Å². The fourth-order valence-corrected chi connectivity index (χ4v) is 6.54. The Kier molecular flexibility index (Phi) is 14.2. The Morgan fingerprint density at radius 1 is 0.692 bits per heavy atom. The monoisotopic (exact) mass is 556 g/mol. The summed E-state index contributed by atoms with van der Waals surface area (Å²) in [6.07, 6.45) is 24.0. The van der Waals surface area contributed by atoms with Crippen LogP contribution in [0.4, 0.5) is 11.4 Å². The molecule has 0 aliphatic carbocycles. The quantitative estimate of drug-likeness (QED) is 0.118. The van der Waals surface area contributed by atoms with Gasteiger partial charge in [-0.15, -0.1) is 0 Å². The smallest absolute Gasteiger partial charge is 0.296 e. The Morgan fingerprint density at radius 2 is 1.21 bits per heavy atom. The molecule has 6 heteroatoms. The van der Waals surface area contributed by atoms with Crippen molar-refractivity contribution in [2.24, 2.45) is 0 Å². The largest absolute Gasteiger partial charge is 0.363 e. The van der Waals surface area contributed by atoms with E-state index < -0.39 is 10.1 Å². The zero-order valence-corrected chi connectivity index (χ0v) is 25.1. The second kappa shape index (κ2) is 17.6. The van der Waals surface area contributed by atoms with Crippen LogP contribution in [-0.2, 0) is 16.7 Å².